The topological polar surface area (TPSA) is 58.2 Å². The van der Waals surface area contributed by atoms with Gasteiger partial charge in [-0.15, -0.1) is 6.58 Å². The van der Waals surface area contributed by atoms with Crippen molar-refractivity contribution in [2.24, 2.45) is 0 Å². The molecular formula is C17H15ClN2O2. The molecule has 0 spiro atoms. The second-order valence-corrected chi connectivity index (χ2v) is 4.94. The van der Waals surface area contributed by atoms with Gasteiger partial charge in [-0.2, -0.15) is 0 Å². The lowest BCUT2D eigenvalue weighted by atomic mass is 10.1. The van der Waals surface area contributed by atoms with Crippen LogP contribution in [0.25, 0.3) is 0 Å². The van der Waals surface area contributed by atoms with Gasteiger partial charge in [0.2, 0.25) is 0 Å². The molecule has 2 amide bonds. The highest BCUT2D eigenvalue weighted by Crippen LogP contribution is 2.17. The number of benzene rings is 2. The molecule has 5 heteroatoms. The van der Waals surface area contributed by atoms with Crippen LogP contribution in [-0.4, -0.2) is 18.4 Å². The van der Waals surface area contributed by atoms with Gasteiger partial charge >= 0.3 is 0 Å². The fraction of sp³-hybridized carbons (Fsp3) is 0.0588. The number of hydrogen-bond acceptors (Lipinski definition) is 2. The zero-order valence-electron chi connectivity index (χ0n) is 11.8. The molecule has 112 valence electrons. The van der Waals surface area contributed by atoms with Crippen LogP contribution in [0.3, 0.4) is 0 Å². The van der Waals surface area contributed by atoms with Gasteiger partial charge in [0.1, 0.15) is 0 Å². The van der Waals surface area contributed by atoms with Crippen molar-refractivity contribution in [2.45, 2.75) is 0 Å². The third-order valence-corrected chi connectivity index (χ3v) is 3.19. The average molecular weight is 315 g/mol. The smallest absolute Gasteiger partial charge is 0.255 e. The molecular weight excluding hydrogens is 300 g/mol. The Kier molecular flexibility index (Phi) is 5.33. The predicted molar refractivity (Wildman–Crippen MR) is 88.4 cm³/mol. The van der Waals surface area contributed by atoms with Gasteiger partial charge in [0.15, 0.2) is 0 Å². The van der Waals surface area contributed by atoms with Crippen LogP contribution >= 0.6 is 11.6 Å². The maximum absolute atomic E-state index is 12.2. The molecule has 0 saturated carbocycles. The highest BCUT2D eigenvalue weighted by Gasteiger charge is 2.13. The average Bonchev–Trinajstić information content (AvgIpc) is 2.53. The third-order valence-electron chi connectivity index (χ3n) is 2.93. The summed E-state index contributed by atoms with van der Waals surface area (Å²) in [4.78, 5) is 24.3. The van der Waals surface area contributed by atoms with Crippen LogP contribution < -0.4 is 10.6 Å². The zero-order valence-corrected chi connectivity index (χ0v) is 12.6. The van der Waals surface area contributed by atoms with Crippen molar-refractivity contribution in [2.75, 3.05) is 11.9 Å². The first-order chi connectivity index (χ1) is 10.6. The van der Waals surface area contributed by atoms with E-state index in [9.17, 15) is 9.59 Å². The Morgan fingerprint density at radius 2 is 1.73 bits per heavy atom. The number of halogens is 1. The van der Waals surface area contributed by atoms with Gasteiger partial charge < -0.3 is 10.6 Å². The first-order valence-electron chi connectivity index (χ1n) is 6.67. The molecule has 0 fully saturated rings. The highest BCUT2D eigenvalue weighted by atomic mass is 35.5. The fourth-order valence-corrected chi connectivity index (χ4v) is 1.97. The number of anilines is 1. The number of amides is 2. The van der Waals surface area contributed by atoms with Crippen LogP contribution in [-0.2, 0) is 0 Å². The molecule has 0 atom stereocenters. The van der Waals surface area contributed by atoms with E-state index in [2.05, 4.69) is 17.2 Å². The van der Waals surface area contributed by atoms with Crippen LogP contribution in [0, 0.1) is 0 Å². The van der Waals surface area contributed by atoms with E-state index in [0.29, 0.717) is 28.4 Å². The highest BCUT2D eigenvalue weighted by molar-refractivity contribution is 6.30. The Hall–Kier alpha value is -2.59. The van der Waals surface area contributed by atoms with Crippen molar-refractivity contribution < 1.29 is 9.59 Å². The number of hydrogen-bond donors (Lipinski definition) is 2. The van der Waals surface area contributed by atoms with Crippen LogP contribution in [0.1, 0.15) is 20.7 Å². The number of nitrogens with one attached hydrogen (secondary N) is 2. The molecule has 2 N–H and O–H groups in total. The van der Waals surface area contributed by atoms with Crippen molar-refractivity contribution in [1.82, 2.24) is 5.32 Å². The summed E-state index contributed by atoms with van der Waals surface area (Å²) in [7, 11) is 0. The summed E-state index contributed by atoms with van der Waals surface area (Å²) in [5, 5.41) is 5.97. The van der Waals surface area contributed by atoms with Gasteiger partial charge in [-0.1, -0.05) is 29.8 Å². The second kappa shape index (κ2) is 7.43. The van der Waals surface area contributed by atoms with Gasteiger partial charge in [-0.25, -0.2) is 0 Å². The van der Waals surface area contributed by atoms with E-state index in [1.807, 2.05) is 0 Å². The Labute approximate surface area is 133 Å². The summed E-state index contributed by atoms with van der Waals surface area (Å²) in [6.45, 7) is 3.91. The standard InChI is InChI=1S/C17H15ClN2O2/c1-2-11-19-17(22)14-5-3-4-6-15(14)20-16(21)12-7-9-13(18)10-8-12/h2-10H,1,11H2,(H,19,22)(H,20,21). The number of para-hydroxylation sites is 1. The van der Waals surface area contributed by atoms with Gasteiger partial charge in [0.25, 0.3) is 11.8 Å². The summed E-state index contributed by atoms with van der Waals surface area (Å²) in [5.41, 5.74) is 1.31. The van der Waals surface area contributed by atoms with Crippen LogP contribution in [0.2, 0.25) is 5.02 Å². The number of rotatable bonds is 5. The van der Waals surface area contributed by atoms with Gasteiger partial charge in [-0.3, -0.25) is 9.59 Å². The second-order valence-electron chi connectivity index (χ2n) is 4.51. The van der Waals surface area contributed by atoms with E-state index in [1.54, 1.807) is 54.6 Å². The van der Waals surface area contributed by atoms with Crippen molar-refractivity contribution in [3.8, 4) is 0 Å². The number of carbonyl (C=O) groups excluding carboxylic acids is 2. The summed E-state index contributed by atoms with van der Waals surface area (Å²) < 4.78 is 0. The molecule has 0 radical (unpaired) electrons. The minimum absolute atomic E-state index is 0.271. The largest absolute Gasteiger partial charge is 0.349 e. The molecule has 22 heavy (non-hydrogen) atoms. The van der Waals surface area contributed by atoms with Gasteiger partial charge in [-0.05, 0) is 36.4 Å². The maximum atomic E-state index is 12.2. The van der Waals surface area contributed by atoms with E-state index in [-0.39, 0.29) is 11.8 Å². The maximum Gasteiger partial charge on any atom is 0.255 e. The monoisotopic (exact) mass is 314 g/mol. The molecule has 0 aliphatic heterocycles. The molecule has 0 aliphatic rings. The number of carbonyl (C=O) groups is 2. The van der Waals surface area contributed by atoms with E-state index >= 15 is 0 Å². The summed E-state index contributed by atoms with van der Waals surface area (Å²) in [5.74, 6) is -0.576. The van der Waals surface area contributed by atoms with E-state index in [4.69, 9.17) is 11.6 Å². The Bertz CT molecular complexity index is 696. The lowest BCUT2D eigenvalue weighted by Crippen LogP contribution is -2.25. The summed E-state index contributed by atoms with van der Waals surface area (Å²) in [6.07, 6.45) is 1.59. The molecule has 0 saturated heterocycles. The van der Waals surface area contributed by atoms with Gasteiger partial charge in [0.05, 0.1) is 11.3 Å². The Morgan fingerprint density at radius 3 is 2.41 bits per heavy atom. The molecule has 2 rings (SSSR count). The van der Waals surface area contributed by atoms with Crippen LogP contribution in [0.4, 0.5) is 5.69 Å². The zero-order chi connectivity index (χ0) is 15.9. The lowest BCUT2D eigenvalue weighted by Gasteiger charge is -2.11. The molecule has 0 bridgehead atoms. The van der Waals surface area contributed by atoms with Crippen LogP contribution in [0.15, 0.2) is 61.2 Å². The summed E-state index contributed by atoms with van der Waals surface area (Å²) >= 11 is 5.80. The molecule has 0 unspecified atom stereocenters. The molecule has 2 aromatic rings. The fourth-order valence-electron chi connectivity index (χ4n) is 1.85. The first-order valence-corrected chi connectivity index (χ1v) is 7.04. The van der Waals surface area contributed by atoms with Crippen molar-refractivity contribution >= 4 is 29.1 Å². The van der Waals surface area contributed by atoms with E-state index in [1.165, 1.54) is 0 Å². The van der Waals surface area contributed by atoms with Crippen molar-refractivity contribution in [3.05, 3.63) is 77.3 Å². The minimum Gasteiger partial charge on any atom is -0.349 e. The van der Waals surface area contributed by atoms with E-state index in [0.717, 1.165) is 0 Å². The normalized spacial score (nSPS) is 9.86. The lowest BCUT2D eigenvalue weighted by molar-refractivity contribution is 0.0959. The van der Waals surface area contributed by atoms with Crippen molar-refractivity contribution in [1.29, 1.82) is 0 Å². The molecule has 0 aromatic heterocycles. The molecule has 0 heterocycles. The third kappa shape index (κ3) is 3.96. The molecule has 2 aromatic carbocycles. The quantitative estimate of drug-likeness (QED) is 0.830. The van der Waals surface area contributed by atoms with Crippen LogP contribution in [0.5, 0.6) is 0 Å². The summed E-state index contributed by atoms with van der Waals surface area (Å²) in [6, 6.07) is 13.3. The minimum atomic E-state index is -0.305. The Morgan fingerprint density at radius 1 is 1.05 bits per heavy atom. The van der Waals surface area contributed by atoms with E-state index < -0.39 is 0 Å². The molecule has 4 nitrogen and oxygen atoms in total. The predicted octanol–water partition coefficient (Wildman–Crippen LogP) is 3.51. The van der Waals surface area contributed by atoms with Crippen molar-refractivity contribution in [3.63, 3.8) is 0 Å². The SMILES string of the molecule is C=CCNC(=O)c1ccccc1NC(=O)c1ccc(Cl)cc1. The molecule has 0 aliphatic carbocycles. The Balaban J connectivity index is 2.18. The first kappa shape index (κ1) is 15.8. The van der Waals surface area contributed by atoms with Gasteiger partial charge in [0, 0.05) is 17.1 Å².